The topological polar surface area (TPSA) is 75.7 Å². The molecule has 1 aliphatic heterocycles. The zero-order valence-corrected chi connectivity index (χ0v) is 15.4. The van der Waals surface area contributed by atoms with Gasteiger partial charge < -0.3 is 10.1 Å². The molecule has 0 saturated carbocycles. The van der Waals surface area contributed by atoms with Gasteiger partial charge in [-0.25, -0.2) is 17.2 Å². The van der Waals surface area contributed by atoms with Gasteiger partial charge in [-0.15, -0.1) is 0 Å². The van der Waals surface area contributed by atoms with E-state index in [1.807, 2.05) is 0 Å². The minimum Gasteiger partial charge on any atom is -0.379 e. The van der Waals surface area contributed by atoms with Crippen LogP contribution in [0.3, 0.4) is 0 Å². The molecule has 3 rings (SSSR count). The molecule has 1 aliphatic rings. The third kappa shape index (κ3) is 4.00. The average Bonchev–Trinajstić information content (AvgIpc) is 2.64. The monoisotopic (exact) mass is 396 g/mol. The largest absolute Gasteiger partial charge is 0.379 e. The molecule has 2 aromatic carbocycles. The highest BCUT2D eigenvalue weighted by molar-refractivity contribution is 7.89. The van der Waals surface area contributed by atoms with Crippen molar-refractivity contribution < 1.29 is 26.7 Å². The first-order valence-corrected chi connectivity index (χ1v) is 9.68. The summed E-state index contributed by atoms with van der Waals surface area (Å²) in [5.41, 5.74) is -0.104. The number of hydrogen-bond acceptors (Lipinski definition) is 4. The van der Waals surface area contributed by atoms with Crippen molar-refractivity contribution >= 4 is 21.6 Å². The summed E-state index contributed by atoms with van der Waals surface area (Å²) in [6.45, 7) is 2.72. The number of anilines is 1. The Kier molecular flexibility index (Phi) is 5.54. The van der Waals surface area contributed by atoms with Crippen LogP contribution in [0.15, 0.2) is 41.3 Å². The van der Waals surface area contributed by atoms with Crippen molar-refractivity contribution in [3.8, 4) is 0 Å². The summed E-state index contributed by atoms with van der Waals surface area (Å²) in [5, 5.41) is 2.36. The summed E-state index contributed by atoms with van der Waals surface area (Å²) in [4.78, 5) is 12.3. The molecule has 0 aliphatic carbocycles. The maximum atomic E-state index is 13.8. The van der Waals surface area contributed by atoms with Crippen molar-refractivity contribution in [2.24, 2.45) is 0 Å². The highest BCUT2D eigenvalue weighted by atomic mass is 32.2. The highest BCUT2D eigenvalue weighted by Gasteiger charge is 2.28. The van der Waals surface area contributed by atoms with E-state index in [0.717, 1.165) is 18.2 Å². The molecule has 0 bridgehead atoms. The average molecular weight is 396 g/mol. The Labute approximate surface area is 155 Å². The van der Waals surface area contributed by atoms with E-state index in [4.69, 9.17) is 4.74 Å². The van der Waals surface area contributed by atoms with Gasteiger partial charge in [0.2, 0.25) is 10.0 Å². The van der Waals surface area contributed by atoms with Crippen LogP contribution in [0.2, 0.25) is 0 Å². The number of sulfonamides is 1. The number of benzene rings is 2. The van der Waals surface area contributed by atoms with Crippen molar-refractivity contribution in [3.63, 3.8) is 0 Å². The molecule has 1 saturated heterocycles. The predicted octanol–water partition coefficient (Wildman–Crippen LogP) is 2.55. The molecule has 144 valence electrons. The van der Waals surface area contributed by atoms with Crippen LogP contribution < -0.4 is 5.32 Å². The van der Waals surface area contributed by atoms with E-state index in [-0.39, 0.29) is 23.7 Å². The van der Waals surface area contributed by atoms with Crippen LogP contribution in [0.4, 0.5) is 14.5 Å². The van der Waals surface area contributed by atoms with E-state index in [0.29, 0.717) is 18.8 Å². The number of carbonyl (C=O) groups excluding carboxylic acids is 1. The minimum atomic E-state index is -3.78. The molecular weight excluding hydrogens is 378 g/mol. The molecule has 0 aromatic heterocycles. The van der Waals surface area contributed by atoms with E-state index >= 15 is 0 Å². The lowest BCUT2D eigenvalue weighted by atomic mass is 10.1. The molecule has 1 amide bonds. The van der Waals surface area contributed by atoms with Crippen LogP contribution in [-0.2, 0) is 14.8 Å². The van der Waals surface area contributed by atoms with Gasteiger partial charge in [0, 0.05) is 18.8 Å². The fraction of sp³-hybridized carbons (Fsp3) is 0.278. The lowest BCUT2D eigenvalue weighted by molar-refractivity contribution is 0.0730. The number of rotatable bonds is 4. The van der Waals surface area contributed by atoms with Crippen LogP contribution >= 0.6 is 0 Å². The molecular formula is C18H18F2N2O4S. The number of carbonyl (C=O) groups is 1. The second kappa shape index (κ2) is 7.71. The quantitative estimate of drug-likeness (QED) is 0.862. The Balaban J connectivity index is 1.90. The lowest BCUT2D eigenvalue weighted by Gasteiger charge is -2.26. The summed E-state index contributed by atoms with van der Waals surface area (Å²) in [5.74, 6) is -2.99. The third-order valence-electron chi connectivity index (χ3n) is 4.22. The molecule has 27 heavy (non-hydrogen) atoms. The summed E-state index contributed by atoms with van der Waals surface area (Å²) in [6, 6.07) is 7.39. The van der Waals surface area contributed by atoms with Crippen molar-refractivity contribution in [1.82, 2.24) is 4.31 Å². The second-order valence-corrected chi connectivity index (χ2v) is 7.95. The fourth-order valence-electron chi connectivity index (χ4n) is 2.79. The first kappa shape index (κ1) is 19.4. The number of nitrogens with zero attached hydrogens (tertiary/aromatic N) is 1. The molecule has 2 aromatic rings. The molecule has 1 heterocycles. The fourth-order valence-corrected chi connectivity index (χ4v) is 4.45. The molecule has 0 unspecified atom stereocenters. The summed E-state index contributed by atoms with van der Waals surface area (Å²) in [7, 11) is -3.78. The zero-order valence-electron chi connectivity index (χ0n) is 14.5. The van der Waals surface area contributed by atoms with E-state index in [1.54, 1.807) is 6.92 Å². The number of aryl methyl sites for hydroxylation is 1. The number of ether oxygens (including phenoxy) is 1. The van der Waals surface area contributed by atoms with Crippen LogP contribution in [0, 0.1) is 18.6 Å². The van der Waals surface area contributed by atoms with Crippen LogP contribution in [0.1, 0.15) is 15.9 Å². The maximum absolute atomic E-state index is 13.8. The first-order valence-electron chi connectivity index (χ1n) is 8.24. The van der Waals surface area contributed by atoms with Crippen molar-refractivity contribution in [2.75, 3.05) is 31.6 Å². The summed E-state index contributed by atoms with van der Waals surface area (Å²) in [6.07, 6.45) is 0. The van der Waals surface area contributed by atoms with E-state index in [2.05, 4.69) is 5.32 Å². The third-order valence-corrected chi connectivity index (χ3v) is 6.26. The molecule has 1 N–H and O–H groups in total. The van der Waals surface area contributed by atoms with Gasteiger partial charge in [0.15, 0.2) is 0 Å². The van der Waals surface area contributed by atoms with Gasteiger partial charge in [-0.2, -0.15) is 4.31 Å². The van der Waals surface area contributed by atoms with Crippen LogP contribution in [-0.4, -0.2) is 44.9 Å². The molecule has 0 radical (unpaired) electrons. The lowest BCUT2D eigenvalue weighted by Crippen LogP contribution is -2.40. The Morgan fingerprint density at radius 1 is 1.11 bits per heavy atom. The molecule has 9 heteroatoms. The standard InChI is InChI=1S/C18H18F2N2O4S/c1-12-5-6-13(21-18(23)17-14(19)3-2-4-15(17)20)11-16(12)27(24,25)22-7-9-26-10-8-22/h2-6,11H,7-10H2,1H3,(H,21,23). The maximum Gasteiger partial charge on any atom is 0.261 e. The number of amides is 1. The highest BCUT2D eigenvalue weighted by Crippen LogP contribution is 2.25. The van der Waals surface area contributed by atoms with E-state index < -0.39 is 33.1 Å². The van der Waals surface area contributed by atoms with E-state index in [1.165, 1.54) is 22.5 Å². The molecule has 6 nitrogen and oxygen atoms in total. The predicted molar refractivity (Wildman–Crippen MR) is 95.1 cm³/mol. The Morgan fingerprint density at radius 2 is 1.74 bits per heavy atom. The number of hydrogen-bond donors (Lipinski definition) is 1. The summed E-state index contributed by atoms with van der Waals surface area (Å²) < 4.78 is 59.7. The zero-order chi connectivity index (χ0) is 19.6. The second-order valence-electron chi connectivity index (χ2n) is 6.05. The van der Waals surface area contributed by atoms with Gasteiger partial charge in [-0.1, -0.05) is 12.1 Å². The number of morpholine rings is 1. The van der Waals surface area contributed by atoms with Gasteiger partial charge in [-0.05, 0) is 36.8 Å². The number of halogens is 2. The first-order chi connectivity index (χ1) is 12.8. The number of nitrogens with one attached hydrogen (secondary N) is 1. The summed E-state index contributed by atoms with van der Waals surface area (Å²) >= 11 is 0. The minimum absolute atomic E-state index is 0.0243. The van der Waals surface area contributed by atoms with E-state index in [9.17, 15) is 22.0 Å². The van der Waals surface area contributed by atoms with Gasteiger partial charge in [0.1, 0.15) is 17.2 Å². The van der Waals surface area contributed by atoms with Gasteiger partial charge >= 0.3 is 0 Å². The molecule has 1 fully saturated rings. The smallest absolute Gasteiger partial charge is 0.261 e. The SMILES string of the molecule is Cc1ccc(NC(=O)c2c(F)cccc2F)cc1S(=O)(=O)N1CCOCC1. The van der Waals surface area contributed by atoms with Crippen molar-refractivity contribution in [2.45, 2.75) is 11.8 Å². The Bertz CT molecular complexity index is 953. The molecule has 0 atom stereocenters. The van der Waals surface area contributed by atoms with Crippen LogP contribution in [0.5, 0.6) is 0 Å². The Morgan fingerprint density at radius 3 is 2.37 bits per heavy atom. The molecule has 0 spiro atoms. The Hall–Kier alpha value is -2.36. The van der Waals surface area contributed by atoms with Gasteiger partial charge in [0.05, 0.1) is 18.1 Å². The normalized spacial score (nSPS) is 15.5. The van der Waals surface area contributed by atoms with Gasteiger partial charge in [0.25, 0.3) is 5.91 Å². The van der Waals surface area contributed by atoms with Crippen molar-refractivity contribution in [3.05, 3.63) is 59.2 Å². The van der Waals surface area contributed by atoms with Crippen LogP contribution in [0.25, 0.3) is 0 Å². The van der Waals surface area contributed by atoms with Crippen molar-refractivity contribution in [1.29, 1.82) is 0 Å². The van der Waals surface area contributed by atoms with Gasteiger partial charge in [-0.3, -0.25) is 4.79 Å².